The average molecular weight is 735 g/mol. The number of benzene rings is 5. The third kappa shape index (κ3) is 9.11. The first-order valence-electron chi connectivity index (χ1n) is 15.7. The van der Waals surface area contributed by atoms with E-state index in [4.69, 9.17) is 23.2 Å². The number of carbonyl (C=O) groups is 4. The molecule has 1 aliphatic rings. The molecule has 0 radical (unpaired) electrons. The highest BCUT2D eigenvalue weighted by Crippen LogP contribution is 2.36. The van der Waals surface area contributed by atoms with Crippen molar-refractivity contribution in [2.24, 2.45) is 5.10 Å². The van der Waals surface area contributed by atoms with Gasteiger partial charge in [0, 0.05) is 26.2 Å². The van der Waals surface area contributed by atoms with Gasteiger partial charge in [-0.15, -0.1) is 11.8 Å². The fraction of sp³-hybridized carbons (Fsp3) is 0.0513. The minimum Gasteiger partial charge on any atom is -0.321 e. The summed E-state index contributed by atoms with van der Waals surface area (Å²) in [5.41, 5.74) is 2.64. The molecule has 0 bridgehead atoms. The van der Waals surface area contributed by atoms with Gasteiger partial charge in [-0.2, -0.15) is 10.1 Å². The van der Waals surface area contributed by atoms with E-state index in [1.807, 2.05) is 48.5 Å². The van der Waals surface area contributed by atoms with Crippen LogP contribution in [0, 0.1) is 0 Å². The summed E-state index contributed by atoms with van der Waals surface area (Å²) in [6.45, 7) is 0. The van der Waals surface area contributed by atoms with Crippen molar-refractivity contribution in [3.05, 3.63) is 166 Å². The minimum absolute atomic E-state index is 0.0341. The van der Waals surface area contributed by atoms with Crippen molar-refractivity contribution in [2.45, 2.75) is 16.6 Å². The zero-order chi connectivity index (χ0) is 35.7. The lowest BCUT2D eigenvalue weighted by Gasteiger charge is -2.17. The monoisotopic (exact) mass is 733 g/mol. The SMILES string of the molecule is O=C(Nc1ccc(SC(C(=O)NC2=NN(c3ccccc3)C(=O)C2)c2ccccc2)cc1)/C(=C/c1ccc(Cl)cc1Cl)NC(=O)c1ccccc1. The first-order valence-corrected chi connectivity index (χ1v) is 17.3. The Morgan fingerprint density at radius 3 is 2.10 bits per heavy atom. The maximum absolute atomic E-state index is 13.7. The molecular formula is C39H29Cl2N5O4S. The lowest BCUT2D eigenvalue weighted by atomic mass is 10.1. The second-order valence-corrected chi connectivity index (χ2v) is 13.2. The second kappa shape index (κ2) is 16.4. The number of hydrogen-bond donors (Lipinski definition) is 3. The number of thioether (sulfide) groups is 1. The summed E-state index contributed by atoms with van der Waals surface area (Å²) in [6.07, 6.45) is 1.44. The highest BCUT2D eigenvalue weighted by molar-refractivity contribution is 8.00. The Balaban J connectivity index is 1.18. The lowest BCUT2D eigenvalue weighted by Crippen LogP contribution is -2.33. The van der Waals surface area contributed by atoms with Gasteiger partial charge < -0.3 is 16.0 Å². The summed E-state index contributed by atoms with van der Waals surface area (Å²) < 4.78 is 0. The van der Waals surface area contributed by atoms with E-state index in [2.05, 4.69) is 21.1 Å². The van der Waals surface area contributed by atoms with Gasteiger partial charge in [-0.05, 0) is 77.9 Å². The van der Waals surface area contributed by atoms with E-state index in [9.17, 15) is 19.2 Å². The van der Waals surface area contributed by atoms with Gasteiger partial charge in [0.15, 0.2) is 0 Å². The third-order valence-electron chi connectivity index (χ3n) is 7.54. The number of amides is 4. The van der Waals surface area contributed by atoms with Crippen molar-refractivity contribution in [2.75, 3.05) is 10.3 Å². The fourth-order valence-electron chi connectivity index (χ4n) is 5.05. The van der Waals surface area contributed by atoms with Crippen molar-refractivity contribution < 1.29 is 19.2 Å². The number of nitrogens with zero attached hydrogens (tertiary/aromatic N) is 2. The van der Waals surface area contributed by atoms with Crippen LogP contribution in [0.15, 0.2) is 149 Å². The lowest BCUT2D eigenvalue weighted by molar-refractivity contribution is -0.119. The Bertz CT molecular complexity index is 2130. The normalized spacial score (nSPS) is 13.3. The van der Waals surface area contributed by atoms with Gasteiger partial charge in [-0.25, -0.2) is 0 Å². The minimum atomic E-state index is -0.679. The molecule has 51 heavy (non-hydrogen) atoms. The molecule has 1 unspecified atom stereocenters. The van der Waals surface area contributed by atoms with Crippen LogP contribution in [0.3, 0.4) is 0 Å². The Morgan fingerprint density at radius 1 is 0.784 bits per heavy atom. The van der Waals surface area contributed by atoms with Crippen LogP contribution in [0.2, 0.25) is 10.0 Å². The molecule has 1 aliphatic heterocycles. The van der Waals surface area contributed by atoms with E-state index in [0.717, 1.165) is 10.5 Å². The van der Waals surface area contributed by atoms with E-state index in [-0.39, 0.29) is 29.8 Å². The standard InChI is InChI=1S/C39H29Cl2N5O4S/c40-28-17-16-27(32(41)23-28)22-33(43-37(48)26-12-6-2-7-13-26)38(49)42-29-18-20-31(21-19-29)51-36(25-10-4-1-5-11-25)39(50)44-34-24-35(47)46(45-34)30-14-8-3-9-15-30/h1-23,36H,24H2,(H,42,49)(H,43,48)(H,44,45,50)/b33-22-. The van der Waals surface area contributed by atoms with Crippen molar-refractivity contribution in [3.63, 3.8) is 0 Å². The van der Waals surface area contributed by atoms with E-state index < -0.39 is 17.1 Å². The van der Waals surface area contributed by atoms with Gasteiger partial charge in [0.2, 0.25) is 5.91 Å². The summed E-state index contributed by atoms with van der Waals surface area (Å²) in [5.74, 6) is -1.37. The number of carbonyl (C=O) groups excluding carboxylic acids is 4. The topological polar surface area (TPSA) is 120 Å². The second-order valence-electron chi connectivity index (χ2n) is 11.2. The van der Waals surface area contributed by atoms with Crippen molar-refractivity contribution in [1.29, 1.82) is 0 Å². The zero-order valence-electron chi connectivity index (χ0n) is 26.8. The smallest absolute Gasteiger partial charge is 0.272 e. The number of amidine groups is 1. The Kier molecular flexibility index (Phi) is 11.3. The summed E-state index contributed by atoms with van der Waals surface area (Å²) in [4.78, 5) is 53.6. The zero-order valence-corrected chi connectivity index (χ0v) is 29.1. The summed E-state index contributed by atoms with van der Waals surface area (Å²) in [5, 5.41) is 14.1. The number of nitrogens with one attached hydrogen (secondary N) is 3. The van der Waals surface area contributed by atoms with Crippen LogP contribution in [-0.4, -0.2) is 29.5 Å². The molecule has 0 fully saturated rings. The van der Waals surface area contributed by atoms with Crippen LogP contribution in [0.5, 0.6) is 0 Å². The van der Waals surface area contributed by atoms with Crippen LogP contribution in [0.1, 0.15) is 33.2 Å². The number of hydrogen-bond acceptors (Lipinski definition) is 6. The molecule has 0 saturated carbocycles. The van der Waals surface area contributed by atoms with Gasteiger partial charge in [0.25, 0.3) is 17.7 Å². The summed E-state index contributed by atoms with van der Waals surface area (Å²) in [7, 11) is 0. The first kappa shape index (κ1) is 35.2. The number of para-hydroxylation sites is 1. The van der Waals surface area contributed by atoms with Crippen LogP contribution in [0.25, 0.3) is 6.08 Å². The molecule has 1 heterocycles. The number of rotatable bonds is 10. The molecule has 254 valence electrons. The van der Waals surface area contributed by atoms with Crippen LogP contribution in [-0.2, 0) is 14.4 Å². The van der Waals surface area contributed by atoms with Gasteiger partial charge in [-0.1, -0.05) is 96.0 Å². The van der Waals surface area contributed by atoms with Crippen molar-refractivity contribution >= 4 is 81.9 Å². The quantitative estimate of drug-likeness (QED) is 0.0990. The van der Waals surface area contributed by atoms with Gasteiger partial charge in [-0.3, -0.25) is 19.2 Å². The van der Waals surface area contributed by atoms with Gasteiger partial charge in [0.1, 0.15) is 16.8 Å². The maximum atomic E-state index is 13.7. The first-order chi connectivity index (χ1) is 24.7. The van der Waals surface area contributed by atoms with Crippen LogP contribution in [0.4, 0.5) is 11.4 Å². The molecule has 0 aromatic heterocycles. The number of anilines is 2. The highest BCUT2D eigenvalue weighted by atomic mass is 35.5. The van der Waals surface area contributed by atoms with Crippen molar-refractivity contribution in [3.8, 4) is 0 Å². The van der Waals surface area contributed by atoms with Gasteiger partial charge in [0.05, 0.1) is 12.1 Å². The van der Waals surface area contributed by atoms with Crippen molar-refractivity contribution in [1.82, 2.24) is 10.6 Å². The largest absolute Gasteiger partial charge is 0.321 e. The molecule has 0 aliphatic carbocycles. The Hall–Kier alpha value is -5.68. The molecule has 6 rings (SSSR count). The third-order valence-corrected chi connectivity index (χ3v) is 9.37. The predicted molar refractivity (Wildman–Crippen MR) is 203 cm³/mol. The van der Waals surface area contributed by atoms with Gasteiger partial charge >= 0.3 is 0 Å². The summed E-state index contributed by atoms with van der Waals surface area (Å²) >= 11 is 13.7. The molecule has 5 aromatic carbocycles. The van der Waals surface area contributed by atoms with E-state index in [0.29, 0.717) is 32.5 Å². The average Bonchev–Trinajstić information content (AvgIpc) is 3.52. The number of hydrazone groups is 1. The molecular weight excluding hydrogens is 705 g/mol. The molecule has 5 aromatic rings. The van der Waals surface area contributed by atoms with Crippen LogP contribution < -0.4 is 21.0 Å². The predicted octanol–water partition coefficient (Wildman–Crippen LogP) is 8.10. The molecule has 3 N–H and O–H groups in total. The van der Waals surface area contributed by atoms with E-state index in [1.165, 1.54) is 22.8 Å². The summed E-state index contributed by atoms with van der Waals surface area (Å²) in [6, 6.07) is 38.6. The molecule has 1 atom stereocenters. The number of halogens is 2. The molecule has 0 saturated heterocycles. The van der Waals surface area contributed by atoms with E-state index >= 15 is 0 Å². The Labute approximate surface area is 308 Å². The highest BCUT2D eigenvalue weighted by Gasteiger charge is 2.29. The molecule has 9 nitrogen and oxygen atoms in total. The molecule has 0 spiro atoms. The fourth-order valence-corrected chi connectivity index (χ4v) is 6.53. The van der Waals surface area contributed by atoms with Crippen LogP contribution >= 0.6 is 35.0 Å². The molecule has 4 amide bonds. The Morgan fingerprint density at radius 2 is 1.43 bits per heavy atom. The molecule has 12 heteroatoms. The van der Waals surface area contributed by atoms with E-state index in [1.54, 1.807) is 84.9 Å². The maximum Gasteiger partial charge on any atom is 0.272 e.